The van der Waals surface area contributed by atoms with Crippen LogP contribution in [-0.2, 0) is 25.7 Å². The Hall–Kier alpha value is -4.84. The molecule has 0 aromatic heterocycles. The second-order valence-corrected chi connectivity index (χ2v) is 9.48. The van der Waals surface area contributed by atoms with Gasteiger partial charge in [0.15, 0.2) is 0 Å². The molecule has 10 rings (SSSR count). The SMILES string of the molecule is COc1cc2c3cc1CCc1cc(OC)c(cc1C#Cc1ccccc1C#Cc1ccccc1C#C3)CC2. The van der Waals surface area contributed by atoms with Crippen molar-refractivity contribution in [2.75, 3.05) is 14.2 Å². The Morgan fingerprint density at radius 1 is 0.421 bits per heavy atom. The van der Waals surface area contributed by atoms with Crippen molar-refractivity contribution in [1.29, 1.82) is 0 Å². The highest BCUT2D eigenvalue weighted by atomic mass is 16.5. The van der Waals surface area contributed by atoms with E-state index in [1.165, 1.54) is 0 Å². The Labute approximate surface area is 224 Å². The molecule has 38 heavy (non-hydrogen) atoms. The lowest BCUT2D eigenvalue weighted by Gasteiger charge is -2.18. The summed E-state index contributed by atoms with van der Waals surface area (Å²) in [7, 11) is 3.49. The van der Waals surface area contributed by atoms with Crippen molar-refractivity contribution in [3.05, 3.63) is 128 Å². The van der Waals surface area contributed by atoms with Crippen LogP contribution >= 0.6 is 0 Å². The second-order valence-electron chi connectivity index (χ2n) is 9.48. The van der Waals surface area contributed by atoms with Gasteiger partial charge in [0.1, 0.15) is 11.5 Å². The normalized spacial score (nSPS) is 12.6. The number of rotatable bonds is 2. The van der Waals surface area contributed by atoms with Crippen molar-refractivity contribution in [3.63, 3.8) is 0 Å². The monoisotopic (exact) mass is 490 g/mol. The molecule has 2 heteroatoms. The zero-order chi connectivity index (χ0) is 25.9. The van der Waals surface area contributed by atoms with Crippen LogP contribution in [0.5, 0.6) is 11.5 Å². The topological polar surface area (TPSA) is 18.5 Å². The summed E-state index contributed by atoms with van der Waals surface area (Å²) in [5.41, 5.74) is 10.3. The molecule has 0 aliphatic heterocycles. The lowest BCUT2D eigenvalue weighted by Crippen LogP contribution is -2.06. The minimum Gasteiger partial charge on any atom is -0.496 e. The van der Waals surface area contributed by atoms with E-state index < -0.39 is 0 Å². The lowest BCUT2D eigenvalue weighted by molar-refractivity contribution is 0.406. The molecular formula is C36H26O2. The van der Waals surface area contributed by atoms with Gasteiger partial charge in [-0.15, -0.1) is 0 Å². The molecule has 0 amide bonds. The molecule has 0 unspecified atom stereocenters. The van der Waals surface area contributed by atoms with Crippen LogP contribution in [0.25, 0.3) is 0 Å². The zero-order valence-corrected chi connectivity index (χ0v) is 21.6. The van der Waals surface area contributed by atoms with Crippen molar-refractivity contribution in [3.8, 4) is 47.0 Å². The quantitative estimate of drug-likeness (QED) is 0.316. The van der Waals surface area contributed by atoms with Gasteiger partial charge < -0.3 is 9.47 Å². The number of methoxy groups -OCH3 is 2. The van der Waals surface area contributed by atoms with Gasteiger partial charge in [0.05, 0.1) is 14.2 Å². The van der Waals surface area contributed by atoms with Gasteiger partial charge in [0.2, 0.25) is 0 Å². The Morgan fingerprint density at radius 3 is 1.08 bits per heavy atom. The minimum atomic E-state index is 0.811. The van der Waals surface area contributed by atoms with Crippen LogP contribution in [0, 0.1) is 35.5 Å². The smallest absolute Gasteiger partial charge is 0.122 e. The van der Waals surface area contributed by atoms with Crippen molar-refractivity contribution in [1.82, 2.24) is 0 Å². The van der Waals surface area contributed by atoms with Gasteiger partial charge in [-0.1, -0.05) is 59.8 Å². The first-order valence-electron chi connectivity index (χ1n) is 12.9. The van der Waals surface area contributed by atoms with Gasteiger partial charge >= 0.3 is 0 Å². The molecule has 6 aliphatic carbocycles. The lowest BCUT2D eigenvalue weighted by atomic mass is 9.90. The van der Waals surface area contributed by atoms with E-state index in [1.54, 1.807) is 14.2 Å². The van der Waals surface area contributed by atoms with Gasteiger partial charge in [0, 0.05) is 33.4 Å². The molecule has 6 bridgehead atoms. The summed E-state index contributed by atoms with van der Waals surface area (Å²) in [5, 5.41) is 0. The highest BCUT2D eigenvalue weighted by molar-refractivity contribution is 5.61. The molecule has 0 heterocycles. The third kappa shape index (κ3) is 4.64. The summed E-state index contributed by atoms with van der Waals surface area (Å²) in [4.78, 5) is 0. The van der Waals surface area contributed by atoms with Gasteiger partial charge in [0.25, 0.3) is 0 Å². The molecular weight excluding hydrogens is 464 g/mol. The third-order valence-electron chi connectivity index (χ3n) is 7.19. The average Bonchev–Trinajstić information content (AvgIpc) is 2.95. The van der Waals surface area contributed by atoms with Crippen LogP contribution in [0.3, 0.4) is 0 Å². The fourth-order valence-corrected chi connectivity index (χ4v) is 5.10. The highest BCUT2D eigenvalue weighted by Crippen LogP contribution is 2.31. The van der Waals surface area contributed by atoms with Crippen LogP contribution in [0.1, 0.15) is 55.6 Å². The summed E-state index contributed by atoms with van der Waals surface area (Å²) >= 11 is 0. The molecule has 2 nitrogen and oxygen atoms in total. The summed E-state index contributed by atoms with van der Waals surface area (Å²) in [5.74, 6) is 22.4. The molecule has 6 aliphatic rings. The van der Waals surface area contributed by atoms with Crippen LogP contribution in [-0.4, -0.2) is 14.2 Å². The Balaban J connectivity index is 1.64. The van der Waals surface area contributed by atoms with Gasteiger partial charge in [-0.2, -0.15) is 0 Å². The highest BCUT2D eigenvalue weighted by Gasteiger charge is 2.16. The van der Waals surface area contributed by atoms with E-state index >= 15 is 0 Å². The average molecular weight is 491 g/mol. The van der Waals surface area contributed by atoms with Crippen LogP contribution in [0.2, 0.25) is 0 Å². The van der Waals surface area contributed by atoms with Crippen LogP contribution in [0.15, 0.2) is 72.8 Å². The molecule has 4 aromatic carbocycles. The molecule has 182 valence electrons. The van der Waals surface area contributed by atoms with E-state index in [0.717, 1.165) is 92.8 Å². The molecule has 0 saturated heterocycles. The second kappa shape index (κ2) is 10.3. The van der Waals surface area contributed by atoms with E-state index in [-0.39, 0.29) is 0 Å². The Morgan fingerprint density at radius 2 is 0.737 bits per heavy atom. The maximum absolute atomic E-state index is 5.83. The molecule has 0 fully saturated rings. The van der Waals surface area contributed by atoms with E-state index in [4.69, 9.17) is 9.47 Å². The minimum absolute atomic E-state index is 0.811. The molecule has 0 radical (unpaired) electrons. The Kier molecular flexibility index (Phi) is 6.36. The van der Waals surface area contributed by atoms with Gasteiger partial charge in [-0.05, 0) is 96.5 Å². The van der Waals surface area contributed by atoms with E-state index in [1.807, 2.05) is 48.5 Å². The summed E-state index contributed by atoms with van der Waals surface area (Å²) in [6.45, 7) is 0. The molecule has 0 atom stereocenters. The zero-order valence-electron chi connectivity index (χ0n) is 21.6. The number of hydrogen-bond acceptors (Lipinski definition) is 2. The standard InChI is InChI=1S/C36H26O2/c1-37-35-23-31-18-20-34-22-30-16-14-28-10-6-4-8-26(28)12-11-25-7-3-5-9-27(25)13-15-29(31)21-33(35)19-17-32(30)24-36(34)38-2/h3-10,21-24H,17-20H2,1-2H3. The third-order valence-corrected chi connectivity index (χ3v) is 7.19. The first-order valence-corrected chi connectivity index (χ1v) is 12.9. The predicted molar refractivity (Wildman–Crippen MR) is 152 cm³/mol. The summed E-state index contributed by atoms with van der Waals surface area (Å²) in [6, 6.07) is 24.9. The van der Waals surface area contributed by atoms with Crippen LogP contribution in [0.4, 0.5) is 0 Å². The molecule has 0 spiro atoms. The maximum Gasteiger partial charge on any atom is 0.122 e. The predicted octanol–water partition coefficient (Wildman–Crippen LogP) is 6.10. The number of ether oxygens (including phenoxy) is 2. The molecule has 4 aromatic rings. The number of benzene rings is 4. The van der Waals surface area contributed by atoms with Crippen molar-refractivity contribution in [2.24, 2.45) is 0 Å². The summed E-state index contributed by atoms with van der Waals surface area (Å²) in [6.07, 6.45) is 3.25. The van der Waals surface area contributed by atoms with Gasteiger partial charge in [-0.3, -0.25) is 0 Å². The fourth-order valence-electron chi connectivity index (χ4n) is 5.10. The molecule has 0 saturated carbocycles. The van der Waals surface area contributed by atoms with E-state index in [2.05, 4.69) is 59.8 Å². The van der Waals surface area contributed by atoms with E-state index in [9.17, 15) is 0 Å². The Bertz CT molecular complexity index is 1630. The van der Waals surface area contributed by atoms with Crippen molar-refractivity contribution >= 4 is 0 Å². The fraction of sp³-hybridized carbons (Fsp3) is 0.167. The molecule has 0 N–H and O–H groups in total. The first kappa shape index (κ1) is 23.6. The summed E-state index contributed by atoms with van der Waals surface area (Å²) < 4.78 is 11.7. The maximum atomic E-state index is 5.83. The number of hydrogen-bond donors (Lipinski definition) is 0. The largest absolute Gasteiger partial charge is 0.496 e. The first-order chi connectivity index (χ1) is 18.7. The number of aryl methyl sites for hydroxylation is 4. The van der Waals surface area contributed by atoms with Crippen molar-refractivity contribution < 1.29 is 9.47 Å². The van der Waals surface area contributed by atoms with E-state index in [0.29, 0.717) is 0 Å². The van der Waals surface area contributed by atoms with Crippen LogP contribution < -0.4 is 9.47 Å². The van der Waals surface area contributed by atoms with Gasteiger partial charge in [-0.25, -0.2) is 0 Å². The van der Waals surface area contributed by atoms with Crippen molar-refractivity contribution in [2.45, 2.75) is 25.7 Å².